The summed E-state index contributed by atoms with van der Waals surface area (Å²) in [4.78, 5) is 22.9. The molecule has 1 aromatic rings. The molecule has 0 saturated heterocycles. The first-order chi connectivity index (χ1) is 8.79. The van der Waals surface area contributed by atoms with Crippen LogP contribution in [0.25, 0.3) is 0 Å². The van der Waals surface area contributed by atoms with Crippen molar-refractivity contribution in [1.29, 1.82) is 0 Å². The Bertz CT molecular complexity index is 438. The molecule has 5 nitrogen and oxygen atoms in total. The topological polar surface area (TPSA) is 92.4 Å². The second-order valence-electron chi connectivity index (χ2n) is 5.24. The summed E-state index contributed by atoms with van der Waals surface area (Å²) < 4.78 is 0. The van der Waals surface area contributed by atoms with E-state index in [0.717, 1.165) is 0 Å². The largest absolute Gasteiger partial charge is 0.479 e. The van der Waals surface area contributed by atoms with Crippen molar-refractivity contribution in [3.63, 3.8) is 0 Å². The Morgan fingerprint density at radius 1 is 1.32 bits per heavy atom. The first-order valence-corrected chi connectivity index (χ1v) is 6.15. The molecule has 5 heteroatoms. The van der Waals surface area contributed by atoms with Crippen LogP contribution >= 0.6 is 0 Å². The molecule has 104 valence electrons. The number of nitrogens with two attached hydrogens (primary N) is 1. The van der Waals surface area contributed by atoms with Crippen molar-refractivity contribution in [2.24, 2.45) is 5.73 Å². The van der Waals surface area contributed by atoms with E-state index < -0.39 is 17.6 Å². The van der Waals surface area contributed by atoms with Crippen molar-refractivity contribution >= 4 is 11.9 Å². The van der Waals surface area contributed by atoms with Crippen LogP contribution in [0.4, 0.5) is 0 Å². The predicted molar refractivity (Wildman–Crippen MR) is 72.5 cm³/mol. The van der Waals surface area contributed by atoms with Gasteiger partial charge in [-0.25, -0.2) is 4.79 Å². The molecule has 0 bridgehead atoms. The molecule has 0 heterocycles. The van der Waals surface area contributed by atoms with Gasteiger partial charge in [-0.15, -0.1) is 0 Å². The van der Waals surface area contributed by atoms with Crippen LogP contribution in [-0.2, 0) is 9.59 Å². The Hall–Kier alpha value is -1.88. The van der Waals surface area contributed by atoms with Gasteiger partial charge in [0.15, 0.2) is 6.04 Å². The number of carboxylic acid groups (broad SMARTS) is 1. The highest BCUT2D eigenvalue weighted by atomic mass is 16.4. The summed E-state index contributed by atoms with van der Waals surface area (Å²) in [6, 6.07) is 7.59. The van der Waals surface area contributed by atoms with Gasteiger partial charge in [-0.2, -0.15) is 0 Å². The summed E-state index contributed by atoms with van der Waals surface area (Å²) in [6.07, 6.45) is 0.708. The van der Waals surface area contributed by atoms with E-state index in [1.165, 1.54) is 0 Å². The van der Waals surface area contributed by atoms with E-state index in [-0.39, 0.29) is 12.3 Å². The minimum Gasteiger partial charge on any atom is -0.479 e. The van der Waals surface area contributed by atoms with Crippen LogP contribution in [0.2, 0.25) is 0 Å². The third-order valence-corrected chi connectivity index (χ3v) is 2.68. The molecule has 0 fully saturated rings. The van der Waals surface area contributed by atoms with Gasteiger partial charge in [0.2, 0.25) is 5.91 Å². The summed E-state index contributed by atoms with van der Waals surface area (Å²) in [5.41, 5.74) is 5.90. The van der Waals surface area contributed by atoms with E-state index in [4.69, 9.17) is 10.8 Å². The van der Waals surface area contributed by atoms with Crippen molar-refractivity contribution in [3.8, 4) is 0 Å². The molecule has 0 spiro atoms. The van der Waals surface area contributed by atoms with Crippen LogP contribution in [-0.4, -0.2) is 22.5 Å². The zero-order valence-electron chi connectivity index (χ0n) is 11.2. The quantitative estimate of drug-likeness (QED) is 0.725. The van der Waals surface area contributed by atoms with Gasteiger partial charge >= 0.3 is 5.97 Å². The molecule has 0 aliphatic heterocycles. The standard InChI is InChI=1S/C14H20N2O3/c1-14(2,15)9-8-11(17)16-12(13(18)19)10-6-4-3-5-7-10/h3-7,12H,8-9,15H2,1-2H3,(H,16,17)(H,18,19). The average Bonchev–Trinajstić information content (AvgIpc) is 2.33. The lowest BCUT2D eigenvalue weighted by Crippen LogP contribution is -2.37. The number of nitrogens with one attached hydrogen (secondary N) is 1. The highest BCUT2D eigenvalue weighted by Crippen LogP contribution is 2.14. The molecule has 0 radical (unpaired) electrons. The van der Waals surface area contributed by atoms with E-state index in [0.29, 0.717) is 12.0 Å². The summed E-state index contributed by atoms with van der Waals surface area (Å²) in [5, 5.41) is 11.7. The van der Waals surface area contributed by atoms with Gasteiger partial charge in [-0.3, -0.25) is 4.79 Å². The number of aliphatic carboxylic acids is 1. The number of hydrogen-bond acceptors (Lipinski definition) is 3. The number of carbonyl (C=O) groups is 2. The Balaban J connectivity index is 2.65. The van der Waals surface area contributed by atoms with Crippen molar-refractivity contribution in [3.05, 3.63) is 35.9 Å². The van der Waals surface area contributed by atoms with Gasteiger partial charge in [0.1, 0.15) is 0 Å². The van der Waals surface area contributed by atoms with E-state index in [9.17, 15) is 9.59 Å². The van der Waals surface area contributed by atoms with Crippen LogP contribution in [0, 0.1) is 0 Å². The highest BCUT2D eigenvalue weighted by molar-refractivity contribution is 5.84. The van der Waals surface area contributed by atoms with Crippen molar-refractivity contribution in [1.82, 2.24) is 5.32 Å². The van der Waals surface area contributed by atoms with Crippen LogP contribution in [0.1, 0.15) is 38.3 Å². The molecule has 0 aliphatic carbocycles. The minimum absolute atomic E-state index is 0.208. The Labute approximate surface area is 112 Å². The van der Waals surface area contributed by atoms with Gasteiger partial charge < -0.3 is 16.2 Å². The molecule has 4 N–H and O–H groups in total. The minimum atomic E-state index is -1.08. The molecule has 19 heavy (non-hydrogen) atoms. The van der Waals surface area contributed by atoms with E-state index in [2.05, 4.69) is 5.32 Å². The smallest absolute Gasteiger partial charge is 0.330 e. The molecular formula is C14H20N2O3. The SMILES string of the molecule is CC(C)(N)CCC(=O)NC(C(=O)O)c1ccccc1. The summed E-state index contributed by atoms with van der Waals surface area (Å²) >= 11 is 0. The first kappa shape index (κ1) is 15.2. The lowest BCUT2D eigenvalue weighted by atomic mass is 9.99. The van der Waals surface area contributed by atoms with Crippen molar-refractivity contribution in [2.45, 2.75) is 38.3 Å². The normalized spacial score (nSPS) is 12.8. The molecule has 0 aliphatic rings. The maximum Gasteiger partial charge on any atom is 0.330 e. The molecule has 1 amide bonds. The molecule has 1 unspecified atom stereocenters. The fourth-order valence-electron chi connectivity index (χ4n) is 1.60. The number of amides is 1. The lowest BCUT2D eigenvalue weighted by Gasteiger charge is -2.19. The van der Waals surface area contributed by atoms with Gasteiger partial charge in [-0.05, 0) is 25.8 Å². The molecular weight excluding hydrogens is 244 g/mol. The number of hydrogen-bond donors (Lipinski definition) is 3. The highest BCUT2D eigenvalue weighted by Gasteiger charge is 2.22. The lowest BCUT2D eigenvalue weighted by molar-refractivity contribution is -0.142. The molecule has 1 aromatic carbocycles. The Morgan fingerprint density at radius 3 is 2.37 bits per heavy atom. The van der Waals surface area contributed by atoms with Crippen LogP contribution in [0.5, 0.6) is 0 Å². The van der Waals surface area contributed by atoms with Crippen LogP contribution < -0.4 is 11.1 Å². The predicted octanol–water partition coefficient (Wildman–Crippen LogP) is 1.45. The monoisotopic (exact) mass is 264 g/mol. The first-order valence-electron chi connectivity index (χ1n) is 6.15. The fourth-order valence-corrected chi connectivity index (χ4v) is 1.60. The van der Waals surface area contributed by atoms with Gasteiger partial charge in [0, 0.05) is 12.0 Å². The van der Waals surface area contributed by atoms with Crippen LogP contribution in [0.15, 0.2) is 30.3 Å². The Morgan fingerprint density at radius 2 is 1.89 bits per heavy atom. The van der Waals surface area contributed by atoms with Crippen LogP contribution in [0.3, 0.4) is 0 Å². The molecule has 1 atom stereocenters. The average molecular weight is 264 g/mol. The van der Waals surface area contributed by atoms with E-state index >= 15 is 0 Å². The number of rotatable bonds is 6. The molecule has 0 saturated carbocycles. The second-order valence-corrected chi connectivity index (χ2v) is 5.24. The van der Waals surface area contributed by atoms with Crippen molar-refractivity contribution in [2.75, 3.05) is 0 Å². The molecule has 1 rings (SSSR count). The summed E-state index contributed by atoms with van der Waals surface area (Å²) in [7, 11) is 0. The fraction of sp³-hybridized carbons (Fsp3) is 0.429. The molecule has 0 aromatic heterocycles. The van der Waals surface area contributed by atoms with Crippen molar-refractivity contribution < 1.29 is 14.7 Å². The second kappa shape index (κ2) is 6.33. The summed E-state index contributed by atoms with van der Waals surface area (Å²) in [5.74, 6) is -1.39. The van der Waals surface area contributed by atoms with E-state index in [1.807, 2.05) is 13.8 Å². The zero-order chi connectivity index (χ0) is 14.5. The summed E-state index contributed by atoms with van der Waals surface area (Å²) in [6.45, 7) is 3.65. The van der Waals surface area contributed by atoms with Gasteiger partial charge in [0.25, 0.3) is 0 Å². The third kappa shape index (κ3) is 5.52. The third-order valence-electron chi connectivity index (χ3n) is 2.68. The number of carboxylic acids is 1. The number of benzene rings is 1. The Kier molecular flexibility index (Phi) is 5.06. The zero-order valence-corrected chi connectivity index (χ0v) is 11.2. The van der Waals surface area contributed by atoms with E-state index in [1.54, 1.807) is 30.3 Å². The van der Waals surface area contributed by atoms with Gasteiger partial charge in [-0.1, -0.05) is 30.3 Å². The maximum atomic E-state index is 11.7. The van der Waals surface area contributed by atoms with Gasteiger partial charge in [0.05, 0.1) is 0 Å². The maximum absolute atomic E-state index is 11.7. The number of carbonyl (C=O) groups excluding carboxylic acids is 1.